The molecule has 1 fully saturated rings. The highest BCUT2D eigenvalue weighted by Crippen LogP contribution is 2.28. The summed E-state index contributed by atoms with van der Waals surface area (Å²) in [6.07, 6.45) is 5.92. The largest absolute Gasteiger partial charge is 0.478 e. The van der Waals surface area contributed by atoms with Crippen LogP contribution in [0.25, 0.3) is 0 Å². The summed E-state index contributed by atoms with van der Waals surface area (Å²) >= 11 is 0. The first-order valence-electron chi connectivity index (χ1n) is 6.89. The molecular formula is C15H18FNO3. The Bertz CT molecular complexity index is 510. The van der Waals surface area contributed by atoms with Gasteiger partial charge in [0.25, 0.3) is 0 Å². The molecule has 108 valence electrons. The van der Waals surface area contributed by atoms with Crippen molar-refractivity contribution in [1.82, 2.24) is 0 Å². The molecule has 0 radical (unpaired) electrons. The van der Waals surface area contributed by atoms with E-state index >= 15 is 0 Å². The maximum atomic E-state index is 13.1. The van der Waals surface area contributed by atoms with Gasteiger partial charge in [0.05, 0.1) is 11.3 Å². The summed E-state index contributed by atoms with van der Waals surface area (Å²) in [6, 6.07) is 3.26. The fourth-order valence-corrected chi connectivity index (χ4v) is 2.65. The molecule has 1 aliphatic carbocycles. The van der Waals surface area contributed by atoms with Gasteiger partial charge in [-0.1, -0.05) is 25.7 Å². The standard InChI is InChI=1S/C15H18FNO3/c16-11-6-7-12(15(19)20)13(9-11)17-14(18)8-5-10-3-1-2-4-10/h6-7,9-10H,1-5,8H2,(H,17,18)(H,19,20). The van der Waals surface area contributed by atoms with Crippen molar-refractivity contribution < 1.29 is 19.1 Å². The molecule has 0 heterocycles. The van der Waals surface area contributed by atoms with Crippen LogP contribution in [-0.2, 0) is 4.79 Å². The molecule has 1 aliphatic rings. The molecule has 1 amide bonds. The predicted octanol–water partition coefficient (Wildman–Crippen LogP) is 3.43. The molecule has 0 unspecified atom stereocenters. The van der Waals surface area contributed by atoms with Crippen molar-refractivity contribution in [3.05, 3.63) is 29.6 Å². The highest BCUT2D eigenvalue weighted by atomic mass is 19.1. The second kappa shape index (κ2) is 6.50. The van der Waals surface area contributed by atoms with Crippen molar-refractivity contribution in [2.24, 2.45) is 5.92 Å². The van der Waals surface area contributed by atoms with Crippen molar-refractivity contribution in [2.75, 3.05) is 5.32 Å². The van der Waals surface area contributed by atoms with E-state index < -0.39 is 11.8 Å². The SMILES string of the molecule is O=C(CCC1CCCC1)Nc1cc(F)ccc1C(=O)O. The lowest BCUT2D eigenvalue weighted by molar-refractivity contribution is -0.116. The van der Waals surface area contributed by atoms with Crippen molar-refractivity contribution in [2.45, 2.75) is 38.5 Å². The summed E-state index contributed by atoms with van der Waals surface area (Å²) < 4.78 is 13.1. The molecule has 4 nitrogen and oxygen atoms in total. The van der Waals surface area contributed by atoms with Crippen LogP contribution < -0.4 is 5.32 Å². The van der Waals surface area contributed by atoms with Crippen LogP contribution in [0.5, 0.6) is 0 Å². The molecule has 1 saturated carbocycles. The first-order chi connectivity index (χ1) is 9.56. The number of carbonyl (C=O) groups excluding carboxylic acids is 1. The number of carboxylic acid groups (broad SMARTS) is 1. The maximum Gasteiger partial charge on any atom is 0.337 e. The molecule has 0 aliphatic heterocycles. The van der Waals surface area contributed by atoms with Gasteiger partial charge in [0.1, 0.15) is 5.82 Å². The number of rotatable bonds is 5. The lowest BCUT2D eigenvalue weighted by atomic mass is 10.0. The van der Waals surface area contributed by atoms with Crippen LogP contribution in [0.1, 0.15) is 48.9 Å². The minimum Gasteiger partial charge on any atom is -0.478 e. The summed E-state index contributed by atoms with van der Waals surface area (Å²) in [5, 5.41) is 11.5. The van der Waals surface area contributed by atoms with Gasteiger partial charge in [-0.3, -0.25) is 4.79 Å². The maximum absolute atomic E-state index is 13.1. The van der Waals surface area contributed by atoms with Crippen LogP contribution in [0.4, 0.5) is 10.1 Å². The van der Waals surface area contributed by atoms with Crippen LogP contribution in [-0.4, -0.2) is 17.0 Å². The van der Waals surface area contributed by atoms with Gasteiger partial charge >= 0.3 is 5.97 Å². The van der Waals surface area contributed by atoms with Crippen LogP contribution in [0.15, 0.2) is 18.2 Å². The molecule has 0 atom stereocenters. The van der Waals surface area contributed by atoms with Gasteiger partial charge in [-0.25, -0.2) is 9.18 Å². The third-order valence-electron chi connectivity index (χ3n) is 3.74. The second-order valence-corrected chi connectivity index (χ2v) is 5.23. The molecule has 1 aromatic rings. The number of amides is 1. The molecule has 0 aromatic heterocycles. The van der Waals surface area contributed by atoms with E-state index in [0.717, 1.165) is 37.5 Å². The summed E-state index contributed by atoms with van der Waals surface area (Å²) in [7, 11) is 0. The summed E-state index contributed by atoms with van der Waals surface area (Å²) in [5.41, 5.74) is -0.0745. The fraction of sp³-hybridized carbons (Fsp3) is 0.467. The molecule has 0 saturated heterocycles. The van der Waals surface area contributed by atoms with E-state index in [0.29, 0.717) is 12.3 Å². The lowest BCUT2D eigenvalue weighted by Crippen LogP contribution is -2.15. The molecule has 2 N–H and O–H groups in total. The van der Waals surface area contributed by atoms with Crippen molar-refractivity contribution in [3.8, 4) is 0 Å². The zero-order chi connectivity index (χ0) is 14.5. The molecule has 20 heavy (non-hydrogen) atoms. The van der Waals surface area contributed by atoms with Crippen molar-refractivity contribution >= 4 is 17.6 Å². The Morgan fingerprint density at radius 2 is 2.00 bits per heavy atom. The molecule has 1 aromatic carbocycles. The third-order valence-corrected chi connectivity index (χ3v) is 3.74. The normalized spacial score (nSPS) is 15.2. The Morgan fingerprint density at radius 1 is 1.30 bits per heavy atom. The highest BCUT2D eigenvalue weighted by Gasteiger charge is 2.17. The number of hydrogen-bond acceptors (Lipinski definition) is 2. The number of nitrogens with one attached hydrogen (secondary N) is 1. The summed E-state index contributed by atoms with van der Waals surface area (Å²) in [5.74, 6) is -1.42. The van der Waals surface area contributed by atoms with Crippen LogP contribution in [0.2, 0.25) is 0 Å². The van der Waals surface area contributed by atoms with Gasteiger partial charge < -0.3 is 10.4 Å². The van der Waals surface area contributed by atoms with Crippen LogP contribution in [0.3, 0.4) is 0 Å². The van der Waals surface area contributed by atoms with Gasteiger partial charge in [-0.2, -0.15) is 0 Å². The van der Waals surface area contributed by atoms with Gasteiger partial charge in [-0.15, -0.1) is 0 Å². The summed E-state index contributed by atoms with van der Waals surface area (Å²) in [4.78, 5) is 22.8. The predicted molar refractivity (Wildman–Crippen MR) is 73.2 cm³/mol. The fourth-order valence-electron chi connectivity index (χ4n) is 2.65. The molecule has 0 bridgehead atoms. The Kier molecular flexibility index (Phi) is 4.71. The van der Waals surface area contributed by atoms with Gasteiger partial charge in [0, 0.05) is 6.42 Å². The number of aromatic carboxylic acids is 1. The van der Waals surface area contributed by atoms with Crippen molar-refractivity contribution in [1.29, 1.82) is 0 Å². The molecule has 5 heteroatoms. The minimum absolute atomic E-state index is 0.0221. The van der Waals surface area contributed by atoms with Crippen LogP contribution >= 0.6 is 0 Å². The number of carbonyl (C=O) groups is 2. The van der Waals surface area contributed by atoms with E-state index in [1.807, 2.05) is 0 Å². The van der Waals surface area contributed by atoms with Crippen molar-refractivity contribution in [3.63, 3.8) is 0 Å². The van der Waals surface area contributed by atoms with Gasteiger partial charge in [0.15, 0.2) is 0 Å². The van der Waals surface area contributed by atoms with Gasteiger partial charge in [0.2, 0.25) is 5.91 Å². The van der Waals surface area contributed by atoms with E-state index in [4.69, 9.17) is 5.11 Å². The second-order valence-electron chi connectivity index (χ2n) is 5.23. The number of anilines is 1. The average Bonchev–Trinajstić information content (AvgIpc) is 2.89. The molecular weight excluding hydrogens is 261 g/mol. The Balaban J connectivity index is 1.96. The number of benzene rings is 1. The highest BCUT2D eigenvalue weighted by molar-refractivity contribution is 6.00. The van der Waals surface area contributed by atoms with E-state index in [1.165, 1.54) is 12.8 Å². The molecule has 0 spiro atoms. The molecule has 2 rings (SSSR count). The van der Waals surface area contributed by atoms with E-state index in [1.54, 1.807) is 0 Å². The monoisotopic (exact) mass is 279 g/mol. The summed E-state index contributed by atoms with van der Waals surface area (Å²) in [6.45, 7) is 0. The van der Waals surface area contributed by atoms with E-state index in [2.05, 4.69) is 5.32 Å². The van der Waals surface area contributed by atoms with E-state index in [9.17, 15) is 14.0 Å². The number of halogens is 1. The Labute approximate surface area is 117 Å². The Morgan fingerprint density at radius 3 is 2.65 bits per heavy atom. The zero-order valence-electron chi connectivity index (χ0n) is 11.2. The van der Waals surface area contributed by atoms with E-state index in [-0.39, 0.29) is 17.2 Å². The number of hydrogen-bond donors (Lipinski definition) is 2. The quantitative estimate of drug-likeness (QED) is 0.867. The zero-order valence-corrected chi connectivity index (χ0v) is 11.2. The number of carboxylic acids is 1. The van der Waals surface area contributed by atoms with Gasteiger partial charge in [-0.05, 0) is 30.5 Å². The first kappa shape index (κ1) is 14.5. The Hall–Kier alpha value is -1.91. The third kappa shape index (κ3) is 3.79. The average molecular weight is 279 g/mol. The first-order valence-corrected chi connectivity index (χ1v) is 6.89. The lowest BCUT2D eigenvalue weighted by Gasteiger charge is -2.11. The smallest absolute Gasteiger partial charge is 0.337 e. The minimum atomic E-state index is -1.18. The van der Waals surface area contributed by atoms with Crippen LogP contribution in [0, 0.1) is 11.7 Å². The topological polar surface area (TPSA) is 66.4 Å².